The van der Waals surface area contributed by atoms with Gasteiger partial charge in [0.25, 0.3) is 0 Å². The zero-order valence-corrected chi connectivity index (χ0v) is 24.7. The lowest BCUT2D eigenvalue weighted by Crippen LogP contribution is -2.02. The van der Waals surface area contributed by atoms with Crippen LogP contribution in [0.25, 0.3) is 78.7 Å². The number of rotatable bonds is 4. The van der Waals surface area contributed by atoms with E-state index in [2.05, 4.69) is 103 Å². The largest absolute Gasteiger partial charge is 0.460 e. The molecule has 0 N–H and O–H groups in total. The summed E-state index contributed by atoms with van der Waals surface area (Å²) in [6.07, 6.45) is 5.32. The smallest absolute Gasteiger partial charge is 0.164 e. The van der Waals surface area contributed by atoms with Crippen molar-refractivity contribution in [3.8, 4) is 39.9 Å². The molecule has 8 aromatic rings. The van der Waals surface area contributed by atoms with Crippen molar-refractivity contribution < 1.29 is 4.42 Å². The van der Waals surface area contributed by atoms with Crippen LogP contribution in [0.1, 0.15) is 18.2 Å². The van der Waals surface area contributed by atoms with Gasteiger partial charge in [0, 0.05) is 50.5 Å². The molecule has 214 valence electrons. The van der Waals surface area contributed by atoms with Crippen LogP contribution in [0.5, 0.6) is 0 Å². The predicted molar refractivity (Wildman–Crippen MR) is 182 cm³/mol. The minimum absolute atomic E-state index is 0.445. The maximum absolute atomic E-state index is 6.34. The van der Waals surface area contributed by atoms with Crippen LogP contribution in [-0.2, 0) is 6.42 Å². The van der Waals surface area contributed by atoms with Crippen LogP contribution in [0.4, 0.5) is 0 Å². The Morgan fingerprint density at radius 2 is 1.24 bits per heavy atom. The van der Waals surface area contributed by atoms with Crippen molar-refractivity contribution in [1.29, 1.82) is 0 Å². The Kier molecular flexibility index (Phi) is 5.78. The molecule has 1 aliphatic carbocycles. The summed E-state index contributed by atoms with van der Waals surface area (Å²) in [6, 6.07) is 41.9. The Balaban J connectivity index is 1.21. The fourth-order valence-electron chi connectivity index (χ4n) is 6.66. The molecule has 0 spiro atoms. The first-order valence-electron chi connectivity index (χ1n) is 15.3. The van der Waals surface area contributed by atoms with Crippen molar-refractivity contribution in [3.05, 3.63) is 139 Å². The molecule has 0 saturated heterocycles. The van der Waals surface area contributed by atoms with Gasteiger partial charge in [0.2, 0.25) is 0 Å². The first-order chi connectivity index (χ1) is 22.2. The molecule has 0 fully saturated rings. The van der Waals surface area contributed by atoms with Crippen molar-refractivity contribution in [2.75, 3.05) is 0 Å². The quantitative estimate of drug-likeness (QED) is 0.208. The van der Waals surface area contributed by atoms with Gasteiger partial charge in [-0.25, -0.2) is 15.0 Å². The topological polar surface area (TPSA) is 56.7 Å². The fourth-order valence-corrected chi connectivity index (χ4v) is 6.66. The molecule has 0 aliphatic heterocycles. The van der Waals surface area contributed by atoms with E-state index in [-0.39, 0.29) is 0 Å². The minimum Gasteiger partial charge on any atom is -0.460 e. The summed E-state index contributed by atoms with van der Waals surface area (Å²) < 4.78 is 8.66. The average Bonchev–Trinajstić information content (AvgIpc) is 3.64. The highest BCUT2D eigenvalue weighted by atomic mass is 16.3. The van der Waals surface area contributed by atoms with E-state index >= 15 is 0 Å². The third-order valence-corrected chi connectivity index (χ3v) is 8.80. The monoisotopic (exact) mass is 580 g/mol. The van der Waals surface area contributed by atoms with Crippen LogP contribution in [0, 0.1) is 5.92 Å². The number of allylic oxidation sites excluding steroid dienone is 1. The number of furan rings is 1. The predicted octanol–water partition coefficient (Wildman–Crippen LogP) is 9.92. The molecule has 0 radical (unpaired) electrons. The van der Waals surface area contributed by atoms with E-state index in [9.17, 15) is 0 Å². The number of benzene rings is 5. The molecule has 5 heteroatoms. The summed E-state index contributed by atoms with van der Waals surface area (Å²) in [5.74, 6) is 3.37. The Labute approximate surface area is 260 Å². The van der Waals surface area contributed by atoms with Gasteiger partial charge in [-0.15, -0.1) is 0 Å². The van der Waals surface area contributed by atoms with E-state index in [1.807, 2.05) is 42.5 Å². The lowest BCUT2D eigenvalue weighted by molar-refractivity contribution is 0.513. The maximum atomic E-state index is 6.34. The SMILES string of the molecule is CC1C=Cc2c(oc3cccc(-c4nc(-c5ccccc5)nc(-c5ccc(-n6c7ccccc7c7ccccc76)cc5)n4)c23)C1. The van der Waals surface area contributed by atoms with Crippen LogP contribution in [-0.4, -0.2) is 19.5 Å². The van der Waals surface area contributed by atoms with E-state index in [1.165, 1.54) is 21.8 Å². The molecule has 3 aromatic heterocycles. The summed E-state index contributed by atoms with van der Waals surface area (Å²) in [4.78, 5) is 15.1. The van der Waals surface area contributed by atoms with Gasteiger partial charge in [-0.1, -0.05) is 97.9 Å². The number of hydrogen-bond donors (Lipinski definition) is 0. The number of fused-ring (bicyclic) bond motifs is 6. The normalized spacial score (nSPS) is 14.4. The second-order valence-electron chi connectivity index (χ2n) is 11.7. The molecule has 3 heterocycles. The van der Waals surface area contributed by atoms with Gasteiger partial charge >= 0.3 is 0 Å². The first kappa shape index (κ1) is 25.7. The molecule has 0 amide bonds. The van der Waals surface area contributed by atoms with Gasteiger partial charge in [-0.3, -0.25) is 0 Å². The molecule has 0 bridgehead atoms. The molecule has 9 rings (SSSR count). The summed E-state index contributed by atoms with van der Waals surface area (Å²) in [5.41, 5.74) is 8.24. The second-order valence-corrected chi connectivity index (χ2v) is 11.7. The van der Waals surface area contributed by atoms with Crippen LogP contribution in [0.15, 0.2) is 132 Å². The Hall–Kier alpha value is -5.81. The molecular formula is C40H28N4O. The second kappa shape index (κ2) is 10.1. The molecule has 1 unspecified atom stereocenters. The van der Waals surface area contributed by atoms with E-state index < -0.39 is 0 Å². The van der Waals surface area contributed by atoms with Gasteiger partial charge in [-0.05, 0) is 48.4 Å². The van der Waals surface area contributed by atoms with Crippen LogP contribution >= 0.6 is 0 Å². The third-order valence-electron chi connectivity index (χ3n) is 8.80. The molecule has 5 aromatic carbocycles. The summed E-state index contributed by atoms with van der Waals surface area (Å²) in [7, 11) is 0. The Bertz CT molecular complexity index is 2360. The molecule has 1 atom stereocenters. The van der Waals surface area contributed by atoms with Gasteiger partial charge in [0.05, 0.1) is 11.0 Å². The number of aromatic nitrogens is 4. The highest BCUT2D eigenvalue weighted by Crippen LogP contribution is 2.39. The zero-order valence-electron chi connectivity index (χ0n) is 24.7. The Morgan fingerprint density at radius 1 is 0.622 bits per heavy atom. The van der Waals surface area contributed by atoms with Crippen molar-refractivity contribution in [2.24, 2.45) is 5.92 Å². The first-order valence-corrected chi connectivity index (χ1v) is 15.3. The summed E-state index contributed by atoms with van der Waals surface area (Å²) in [6.45, 7) is 2.21. The van der Waals surface area contributed by atoms with E-state index in [4.69, 9.17) is 19.4 Å². The fraction of sp³-hybridized carbons (Fsp3) is 0.0750. The maximum Gasteiger partial charge on any atom is 0.164 e. The van der Waals surface area contributed by atoms with Crippen molar-refractivity contribution in [2.45, 2.75) is 13.3 Å². The number of hydrogen-bond acceptors (Lipinski definition) is 4. The lowest BCUT2D eigenvalue weighted by atomic mass is 9.93. The number of nitrogens with zero attached hydrogens (tertiary/aromatic N) is 4. The van der Waals surface area contributed by atoms with Crippen molar-refractivity contribution in [1.82, 2.24) is 19.5 Å². The van der Waals surface area contributed by atoms with E-state index in [0.29, 0.717) is 23.4 Å². The average molecular weight is 581 g/mol. The van der Waals surface area contributed by atoms with Gasteiger partial charge in [0.15, 0.2) is 17.5 Å². The summed E-state index contributed by atoms with van der Waals surface area (Å²) in [5, 5.41) is 3.53. The lowest BCUT2D eigenvalue weighted by Gasteiger charge is -2.12. The van der Waals surface area contributed by atoms with Crippen LogP contribution in [0.3, 0.4) is 0 Å². The molecule has 45 heavy (non-hydrogen) atoms. The highest BCUT2D eigenvalue weighted by Gasteiger charge is 2.22. The standard InChI is InChI=1S/C40H28N4O/c1-25-18-23-31-36(24-25)45-35-17-9-14-32(37(31)35)40-42-38(26-10-3-2-4-11-26)41-39(43-40)27-19-21-28(22-20-27)44-33-15-7-5-12-29(33)30-13-6-8-16-34(30)44/h2-23,25H,24H2,1H3. The zero-order chi connectivity index (χ0) is 29.9. The van der Waals surface area contributed by atoms with Gasteiger partial charge in [0.1, 0.15) is 11.3 Å². The summed E-state index contributed by atoms with van der Waals surface area (Å²) >= 11 is 0. The number of para-hydroxylation sites is 2. The molecule has 5 nitrogen and oxygen atoms in total. The molecule has 0 saturated carbocycles. The minimum atomic E-state index is 0.445. The van der Waals surface area contributed by atoms with Crippen LogP contribution < -0.4 is 0 Å². The molecule has 1 aliphatic rings. The molecular weight excluding hydrogens is 552 g/mol. The van der Waals surface area contributed by atoms with E-state index in [0.717, 1.165) is 51.1 Å². The van der Waals surface area contributed by atoms with Gasteiger partial charge < -0.3 is 8.98 Å². The van der Waals surface area contributed by atoms with Gasteiger partial charge in [-0.2, -0.15) is 0 Å². The van der Waals surface area contributed by atoms with Crippen molar-refractivity contribution in [3.63, 3.8) is 0 Å². The third kappa shape index (κ3) is 4.20. The van der Waals surface area contributed by atoms with Crippen LogP contribution in [0.2, 0.25) is 0 Å². The van der Waals surface area contributed by atoms with E-state index in [1.54, 1.807) is 0 Å². The van der Waals surface area contributed by atoms with Crippen molar-refractivity contribution >= 4 is 38.9 Å². The highest BCUT2D eigenvalue weighted by molar-refractivity contribution is 6.09. The Morgan fingerprint density at radius 3 is 1.96 bits per heavy atom.